The fourth-order valence-corrected chi connectivity index (χ4v) is 2.11. The Bertz CT molecular complexity index is 646. The number of halogens is 2. The molecule has 0 aliphatic carbocycles. The van der Waals surface area contributed by atoms with Gasteiger partial charge in [0.25, 0.3) is 5.91 Å². The van der Waals surface area contributed by atoms with Crippen molar-refractivity contribution in [3.8, 4) is 5.75 Å². The van der Waals surface area contributed by atoms with E-state index in [0.29, 0.717) is 18.0 Å². The molecule has 0 aromatic heterocycles. The Kier molecular flexibility index (Phi) is 5.17. The van der Waals surface area contributed by atoms with Crippen molar-refractivity contribution in [2.75, 3.05) is 11.9 Å². The fraction of sp³-hybridized carbons (Fsp3) is 0.188. The molecular formula is C16H15ClFNO2. The van der Waals surface area contributed by atoms with Crippen LogP contribution in [0.4, 0.5) is 10.1 Å². The van der Waals surface area contributed by atoms with Gasteiger partial charge in [-0.1, -0.05) is 12.1 Å². The molecule has 0 aliphatic rings. The molecule has 0 saturated carbocycles. The van der Waals surface area contributed by atoms with Crippen molar-refractivity contribution in [2.45, 2.75) is 12.8 Å². The lowest BCUT2D eigenvalue weighted by atomic mass is 10.1. The van der Waals surface area contributed by atoms with E-state index in [2.05, 4.69) is 5.32 Å². The summed E-state index contributed by atoms with van der Waals surface area (Å²) in [5.74, 6) is -0.119. The highest BCUT2D eigenvalue weighted by molar-refractivity contribution is 6.17. The van der Waals surface area contributed by atoms with E-state index < -0.39 is 11.7 Å². The van der Waals surface area contributed by atoms with Crippen LogP contribution in [0.25, 0.3) is 0 Å². The highest BCUT2D eigenvalue weighted by Gasteiger charge is 2.12. The number of ether oxygens (including phenoxy) is 1. The second kappa shape index (κ2) is 7.09. The van der Waals surface area contributed by atoms with Crippen LogP contribution >= 0.6 is 11.6 Å². The molecule has 0 spiro atoms. The Morgan fingerprint density at radius 1 is 1.29 bits per heavy atom. The molecule has 0 aliphatic heterocycles. The van der Waals surface area contributed by atoms with E-state index in [1.54, 1.807) is 24.3 Å². The number of carbonyl (C=O) groups is 1. The molecule has 0 radical (unpaired) electrons. The number of hydrogen-bond acceptors (Lipinski definition) is 2. The summed E-state index contributed by atoms with van der Waals surface area (Å²) < 4.78 is 19.0. The molecule has 1 N–H and O–H groups in total. The summed E-state index contributed by atoms with van der Waals surface area (Å²) in [7, 11) is 0. The van der Waals surface area contributed by atoms with Gasteiger partial charge in [0.05, 0.1) is 18.1 Å². The number of rotatable bonds is 5. The van der Waals surface area contributed by atoms with Crippen LogP contribution in [0.3, 0.4) is 0 Å². The molecule has 5 heteroatoms. The zero-order valence-corrected chi connectivity index (χ0v) is 12.3. The summed E-state index contributed by atoms with van der Waals surface area (Å²) in [6.45, 7) is 2.41. The smallest absolute Gasteiger partial charge is 0.258 e. The maximum Gasteiger partial charge on any atom is 0.258 e. The lowest BCUT2D eigenvalue weighted by molar-refractivity contribution is 0.102. The number of carbonyl (C=O) groups excluding carboxylic acids is 1. The molecule has 110 valence electrons. The number of hydrogen-bond donors (Lipinski definition) is 1. The van der Waals surface area contributed by atoms with E-state index in [4.69, 9.17) is 16.3 Å². The Morgan fingerprint density at radius 2 is 2.05 bits per heavy atom. The van der Waals surface area contributed by atoms with E-state index in [1.165, 1.54) is 18.2 Å². The van der Waals surface area contributed by atoms with Gasteiger partial charge in [-0.25, -0.2) is 4.39 Å². The van der Waals surface area contributed by atoms with Crippen molar-refractivity contribution in [2.24, 2.45) is 0 Å². The third-order valence-electron chi connectivity index (χ3n) is 2.88. The first-order chi connectivity index (χ1) is 10.2. The minimum absolute atomic E-state index is 0.00110. The van der Waals surface area contributed by atoms with Crippen molar-refractivity contribution in [1.82, 2.24) is 0 Å². The van der Waals surface area contributed by atoms with Gasteiger partial charge in [0.15, 0.2) is 0 Å². The van der Waals surface area contributed by atoms with Gasteiger partial charge in [0.2, 0.25) is 0 Å². The van der Waals surface area contributed by atoms with Crippen LogP contribution < -0.4 is 10.1 Å². The quantitative estimate of drug-likeness (QED) is 0.840. The summed E-state index contributed by atoms with van der Waals surface area (Å²) >= 11 is 5.87. The van der Waals surface area contributed by atoms with Gasteiger partial charge in [-0.15, -0.1) is 11.6 Å². The molecule has 0 heterocycles. The number of anilines is 1. The Morgan fingerprint density at radius 3 is 2.71 bits per heavy atom. The SMILES string of the molecule is CCOc1ccc(NC(=O)c2ccccc2F)cc1CCl. The summed E-state index contributed by atoms with van der Waals surface area (Å²) in [6.07, 6.45) is 0. The molecular weight excluding hydrogens is 293 g/mol. The van der Waals surface area contributed by atoms with Crippen LogP contribution in [0.2, 0.25) is 0 Å². The van der Waals surface area contributed by atoms with Gasteiger partial charge >= 0.3 is 0 Å². The van der Waals surface area contributed by atoms with E-state index in [9.17, 15) is 9.18 Å². The monoisotopic (exact) mass is 307 g/mol. The fourth-order valence-electron chi connectivity index (χ4n) is 1.90. The van der Waals surface area contributed by atoms with Crippen LogP contribution in [0.1, 0.15) is 22.8 Å². The molecule has 1 amide bonds. The lowest BCUT2D eigenvalue weighted by Crippen LogP contribution is -2.13. The molecule has 0 bridgehead atoms. The van der Waals surface area contributed by atoms with Crippen molar-refractivity contribution >= 4 is 23.2 Å². The van der Waals surface area contributed by atoms with Gasteiger partial charge < -0.3 is 10.1 Å². The highest BCUT2D eigenvalue weighted by Crippen LogP contribution is 2.25. The minimum Gasteiger partial charge on any atom is -0.494 e. The van der Waals surface area contributed by atoms with Crippen LogP contribution in [0.15, 0.2) is 42.5 Å². The van der Waals surface area contributed by atoms with Crippen molar-refractivity contribution in [1.29, 1.82) is 0 Å². The van der Waals surface area contributed by atoms with Crippen LogP contribution in [-0.4, -0.2) is 12.5 Å². The third kappa shape index (κ3) is 3.73. The van der Waals surface area contributed by atoms with Gasteiger partial charge in [0.1, 0.15) is 11.6 Å². The zero-order chi connectivity index (χ0) is 15.2. The Hall–Kier alpha value is -2.07. The van der Waals surface area contributed by atoms with Gasteiger partial charge in [-0.05, 0) is 37.3 Å². The first kappa shape index (κ1) is 15.3. The predicted molar refractivity (Wildman–Crippen MR) is 81.5 cm³/mol. The molecule has 0 atom stereocenters. The first-order valence-electron chi connectivity index (χ1n) is 6.53. The number of nitrogens with one attached hydrogen (secondary N) is 1. The Balaban J connectivity index is 2.20. The summed E-state index contributed by atoms with van der Waals surface area (Å²) in [5.41, 5.74) is 1.31. The van der Waals surface area contributed by atoms with Gasteiger partial charge in [-0.3, -0.25) is 4.79 Å². The third-order valence-corrected chi connectivity index (χ3v) is 3.17. The van der Waals surface area contributed by atoms with Crippen molar-refractivity contribution < 1.29 is 13.9 Å². The molecule has 2 rings (SSSR count). The summed E-state index contributed by atoms with van der Waals surface area (Å²) in [4.78, 5) is 12.0. The van der Waals surface area contributed by atoms with Crippen LogP contribution in [-0.2, 0) is 5.88 Å². The highest BCUT2D eigenvalue weighted by atomic mass is 35.5. The molecule has 21 heavy (non-hydrogen) atoms. The van der Waals surface area contributed by atoms with Crippen molar-refractivity contribution in [3.05, 3.63) is 59.4 Å². The van der Waals surface area contributed by atoms with E-state index in [1.807, 2.05) is 6.92 Å². The van der Waals surface area contributed by atoms with Crippen LogP contribution in [0.5, 0.6) is 5.75 Å². The van der Waals surface area contributed by atoms with E-state index in [-0.39, 0.29) is 11.4 Å². The second-order valence-electron chi connectivity index (χ2n) is 4.32. The topological polar surface area (TPSA) is 38.3 Å². The summed E-state index contributed by atoms with van der Waals surface area (Å²) in [5, 5.41) is 2.65. The number of alkyl halides is 1. The maximum atomic E-state index is 13.6. The summed E-state index contributed by atoms with van der Waals surface area (Å²) in [6, 6.07) is 11.0. The van der Waals surface area contributed by atoms with E-state index in [0.717, 1.165) is 5.56 Å². The average Bonchev–Trinajstić information content (AvgIpc) is 2.49. The van der Waals surface area contributed by atoms with Gasteiger partial charge in [0, 0.05) is 11.3 Å². The average molecular weight is 308 g/mol. The van der Waals surface area contributed by atoms with Crippen LogP contribution in [0, 0.1) is 5.82 Å². The molecule has 2 aromatic carbocycles. The zero-order valence-electron chi connectivity index (χ0n) is 11.5. The van der Waals surface area contributed by atoms with E-state index >= 15 is 0 Å². The first-order valence-corrected chi connectivity index (χ1v) is 7.06. The molecule has 0 fully saturated rings. The molecule has 3 nitrogen and oxygen atoms in total. The second-order valence-corrected chi connectivity index (χ2v) is 4.59. The molecule has 0 saturated heterocycles. The maximum absolute atomic E-state index is 13.6. The predicted octanol–water partition coefficient (Wildman–Crippen LogP) is 4.22. The number of benzene rings is 2. The van der Waals surface area contributed by atoms with Gasteiger partial charge in [-0.2, -0.15) is 0 Å². The normalized spacial score (nSPS) is 10.2. The minimum atomic E-state index is -0.557. The molecule has 2 aromatic rings. The van der Waals surface area contributed by atoms with Crippen molar-refractivity contribution in [3.63, 3.8) is 0 Å². The number of amides is 1. The molecule has 0 unspecified atom stereocenters. The Labute approximate surface area is 127 Å². The standard InChI is InChI=1S/C16H15ClFNO2/c1-2-21-15-8-7-12(9-11(15)10-17)19-16(20)13-5-3-4-6-14(13)18/h3-9H,2,10H2,1H3,(H,19,20). The largest absolute Gasteiger partial charge is 0.494 e. The lowest BCUT2D eigenvalue weighted by Gasteiger charge is -2.11.